The van der Waals surface area contributed by atoms with Gasteiger partial charge in [-0.2, -0.15) is 0 Å². The molecule has 4 rings (SSSR count). The van der Waals surface area contributed by atoms with E-state index in [9.17, 15) is 4.79 Å². The maximum absolute atomic E-state index is 13.3. The van der Waals surface area contributed by atoms with Crippen LogP contribution in [-0.4, -0.2) is 17.1 Å². The minimum Gasteiger partial charge on any atom is -0.494 e. The first-order chi connectivity index (χ1) is 12.7. The summed E-state index contributed by atoms with van der Waals surface area (Å²) < 4.78 is 7.55. The Labute approximate surface area is 152 Å². The Kier molecular flexibility index (Phi) is 4.13. The molecular weight excluding hydrogens is 326 g/mol. The maximum Gasteiger partial charge on any atom is 0.262 e. The third kappa shape index (κ3) is 2.71. The quantitative estimate of drug-likeness (QED) is 0.769. The normalized spacial score (nSPS) is 16.2. The number of benzene rings is 2. The molecule has 0 saturated carbocycles. The lowest BCUT2D eigenvalue weighted by Crippen LogP contribution is -2.43. The van der Waals surface area contributed by atoms with Crippen molar-refractivity contribution in [2.24, 2.45) is 7.05 Å². The van der Waals surface area contributed by atoms with Gasteiger partial charge in [0.05, 0.1) is 17.9 Å². The zero-order chi connectivity index (χ0) is 18.1. The fraction of sp³-hybridized carbons (Fsp3) is 0.190. The summed E-state index contributed by atoms with van der Waals surface area (Å²) in [6.45, 7) is 2.57. The lowest BCUT2D eigenvalue weighted by molar-refractivity contribution is 0.0974. The van der Waals surface area contributed by atoms with Gasteiger partial charge in [0.15, 0.2) is 0 Å². The number of nitrogens with zero attached hydrogens (tertiary/aromatic N) is 2. The molecule has 26 heavy (non-hydrogen) atoms. The number of carbonyl (C=O) groups excluding carboxylic acids is 1. The predicted molar refractivity (Wildman–Crippen MR) is 103 cm³/mol. The minimum atomic E-state index is -0.282. The Bertz CT molecular complexity index is 930. The molecule has 2 heterocycles. The van der Waals surface area contributed by atoms with Gasteiger partial charge >= 0.3 is 0 Å². The first-order valence-corrected chi connectivity index (χ1v) is 8.72. The van der Waals surface area contributed by atoms with E-state index in [1.807, 2.05) is 85.4 Å². The molecule has 0 spiro atoms. The van der Waals surface area contributed by atoms with Gasteiger partial charge in [-0.15, -0.1) is 0 Å². The van der Waals surface area contributed by atoms with E-state index in [1.165, 1.54) is 0 Å². The van der Waals surface area contributed by atoms with Crippen molar-refractivity contribution < 1.29 is 9.53 Å². The van der Waals surface area contributed by atoms with E-state index in [2.05, 4.69) is 5.32 Å². The van der Waals surface area contributed by atoms with Gasteiger partial charge in [-0.1, -0.05) is 12.1 Å². The van der Waals surface area contributed by atoms with E-state index < -0.39 is 0 Å². The molecule has 0 fully saturated rings. The topological polar surface area (TPSA) is 46.5 Å². The minimum absolute atomic E-state index is 0.0188. The number of rotatable bonds is 4. The second-order valence-corrected chi connectivity index (χ2v) is 6.24. The van der Waals surface area contributed by atoms with E-state index in [0.29, 0.717) is 12.2 Å². The number of para-hydroxylation sites is 1. The van der Waals surface area contributed by atoms with Gasteiger partial charge in [0, 0.05) is 24.6 Å². The molecule has 1 aliphatic heterocycles. The SMILES string of the molecule is CCOc1ccc(N2C(=O)c3ccccc3N[C@@H]2c2cccn2C)cc1. The molecule has 1 aliphatic rings. The zero-order valence-electron chi connectivity index (χ0n) is 14.8. The highest BCUT2D eigenvalue weighted by Gasteiger charge is 2.35. The van der Waals surface area contributed by atoms with Gasteiger partial charge in [-0.05, 0) is 55.5 Å². The van der Waals surface area contributed by atoms with E-state index in [4.69, 9.17) is 4.74 Å². The fourth-order valence-corrected chi connectivity index (χ4v) is 3.35. The highest BCUT2D eigenvalue weighted by atomic mass is 16.5. The van der Waals surface area contributed by atoms with E-state index in [0.717, 1.165) is 22.8 Å². The van der Waals surface area contributed by atoms with Gasteiger partial charge in [0.2, 0.25) is 0 Å². The van der Waals surface area contributed by atoms with Crippen LogP contribution in [0.15, 0.2) is 66.9 Å². The number of hydrogen-bond acceptors (Lipinski definition) is 3. The van der Waals surface area contributed by atoms with Crippen molar-refractivity contribution in [1.82, 2.24) is 4.57 Å². The molecule has 0 unspecified atom stereocenters. The highest BCUT2D eigenvalue weighted by Crippen LogP contribution is 2.37. The molecule has 1 N–H and O–H groups in total. The molecule has 1 atom stereocenters. The number of amides is 1. The number of nitrogens with one attached hydrogen (secondary N) is 1. The summed E-state index contributed by atoms with van der Waals surface area (Å²) in [5.41, 5.74) is 3.37. The summed E-state index contributed by atoms with van der Waals surface area (Å²) in [4.78, 5) is 15.1. The van der Waals surface area contributed by atoms with Crippen molar-refractivity contribution in [3.05, 3.63) is 78.1 Å². The summed E-state index contributed by atoms with van der Waals surface area (Å²) in [5, 5.41) is 3.51. The maximum atomic E-state index is 13.3. The summed E-state index contributed by atoms with van der Waals surface area (Å²) in [6, 6.07) is 19.3. The number of fused-ring (bicyclic) bond motifs is 1. The Morgan fingerprint density at radius 1 is 1.04 bits per heavy atom. The van der Waals surface area contributed by atoms with Gasteiger partial charge < -0.3 is 14.6 Å². The van der Waals surface area contributed by atoms with Crippen molar-refractivity contribution in [2.75, 3.05) is 16.8 Å². The van der Waals surface area contributed by atoms with Crippen LogP contribution < -0.4 is 15.0 Å². The molecule has 5 heteroatoms. The van der Waals surface area contributed by atoms with Crippen LogP contribution in [0.5, 0.6) is 5.75 Å². The van der Waals surface area contributed by atoms with Crippen molar-refractivity contribution >= 4 is 17.3 Å². The molecule has 0 radical (unpaired) electrons. The monoisotopic (exact) mass is 347 g/mol. The highest BCUT2D eigenvalue weighted by molar-refractivity contribution is 6.12. The first kappa shape index (κ1) is 16.3. The Morgan fingerprint density at radius 2 is 1.81 bits per heavy atom. The van der Waals surface area contributed by atoms with Crippen LogP contribution >= 0.6 is 0 Å². The molecular formula is C21H21N3O2. The average Bonchev–Trinajstić information content (AvgIpc) is 3.09. The third-order valence-corrected chi connectivity index (χ3v) is 4.62. The van der Waals surface area contributed by atoms with Gasteiger partial charge in [-0.3, -0.25) is 9.69 Å². The summed E-state index contributed by atoms with van der Waals surface area (Å²) >= 11 is 0. The van der Waals surface area contributed by atoms with Crippen molar-refractivity contribution in [2.45, 2.75) is 13.1 Å². The second-order valence-electron chi connectivity index (χ2n) is 6.24. The Hall–Kier alpha value is -3.21. The fourth-order valence-electron chi connectivity index (χ4n) is 3.35. The summed E-state index contributed by atoms with van der Waals surface area (Å²) in [5.74, 6) is 0.777. The van der Waals surface area contributed by atoms with Crippen LogP contribution in [0.1, 0.15) is 29.1 Å². The number of ether oxygens (including phenoxy) is 1. The lowest BCUT2D eigenvalue weighted by atomic mass is 10.0. The number of anilines is 2. The average molecular weight is 347 g/mol. The number of aryl methyl sites for hydroxylation is 1. The van der Waals surface area contributed by atoms with Gasteiger partial charge in [0.25, 0.3) is 5.91 Å². The Balaban J connectivity index is 1.80. The number of hydrogen-bond donors (Lipinski definition) is 1. The van der Waals surface area contributed by atoms with Crippen molar-refractivity contribution in [3.8, 4) is 5.75 Å². The summed E-state index contributed by atoms with van der Waals surface area (Å²) in [7, 11) is 1.98. The number of carbonyl (C=O) groups is 1. The molecule has 0 saturated heterocycles. The van der Waals surface area contributed by atoms with Crippen LogP contribution in [0.2, 0.25) is 0 Å². The van der Waals surface area contributed by atoms with Gasteiger partial charge in [-0.25, -0.2) is 0 Å². The molecule has 3 aromatic rings. The van der Waals surface area contributed by atoms with E-state index in [1.54, 1.807) is 4.90 Å². The largest absolute Gasteiger partial charge is 0.494 e. The van der Waals surface area contributed by atoms with E-state index >= 15 is 0 Å². The van der Waals surface area contributed by atoms with Gasteiger partial charge in [0.1, 0.15) is 11.9 Å². The molecule has 5 nitrogen and oxygen atoms in total. The van der Waals surface area contributed by atoms with Crippen molar-refractivity contribution in [3.63, 3.8) is 0 Å². The van der Waals surface area contributed by atoms with Crippen molar-refractivity contribution in [1.29, 1.82) is 0 Å². The molecule has 0 bridgehead atoms. The Morgan fingerprint density at radius 3 is 2.50 bits per heavy atom. The third-order valence-electron chi connectivity index (χ3n) is 4.62. The second kappa shape index (κ2) is 6.59. The molecule has 0 aliphatic carbocycles. The van der Waals surface area contributed by atoms with E-state index in [-0.39, 0.29) is 12.1 Å². The summed E-state index contributed by atoms with van der Waals surface area (Å²) in [6.07, 6.45) is 1.70. The lowest BCUT2D eigenvalue weighted by Gasteiger charge is -2.38. The predicted octanol–water partition coefficient (Wildman–Crippen LogP) is 4.19. The van der Waals surface area contributed by atoms with Crippen LogP contribution in [0, 0.1) is 0 Å². The van der Waals surface area contributed by atoms with Crippen LogP contribution in [-0.2, 0) is 7.05 Å². The molecule has 2 aromatic carbocycles. The number of aromatic nitrogens is 1. The smallest absolute Gasteiger partial charge is 0.262 e. The molecule has 1 aromatic heterocycles. The van der Waals surface area contributed by atoms with Crippen LogP contribution in [0.25, 0.3) is 0 Å². The molecule has 1 amide bonds. The van der Waals surface area contributed by atoms with Crippen LogP contribution in [0.4, 0.5) is 11.4 Å². The zero-order valence-corrected chi connectivity index (χ0v) is 14.8. The molecule has 132 valence electrons. The standard InChI is InChI=1S/C21H21N3O2/c1-3-26-16-12-10-15(11-13-16)24-20(19-9-6-14-23(19)2)22-18-8-5-4-7-17(18)21(24)25/h4-14,20,22H,3H2,1-2H3/t20-/m0/s1. The first-order valence-electron chi connectivity index (χ1n) is 8.72. The van der Waals surface area contributed by atoms with Crippen LogP contribution in [0.3, 0.4) is 0 Å².